The maximum absolute atomic E-state index is 11.8. The van der Waals surface area contributed by atoms with Crippen LogP contribution in [0.5, 0.6) is 5.75 Å². The molecule has 0 unspecified atom stereocenters. The zero-order valence-electron chi connectivity index (χ0n) is 13.7. The van der Waals surface area contributed by atoms with Crippen molar-refractivity contribution in [3.05, 3.63) is 24.3 Å². The summed E-state index contributed by atoms with van der Waals surface area (Å²) in [5.41, 5.74) is 0.653. The fraction of sp³-hybridized carbons (Fsp3) is 0.556. The van der Waals surface area contributed by atoms with Crippen molar-refractivity contribution in [2.45, 2.75) is 45.4 Å². The van der Waals surface area contributed by atoms with E-state index >= 15 is 0 Å². The topological polar surface area (TPSA) is 64.6 Å². The molecule has 0 saturated heterocycles. The molecular formula is C18H25NO4. The van der Waals surface area contributed by atoms with Crippen LogP contribution in [-0.2, 0) is 14.3 Å². The lowest BCUT2D eigenvalue weighted by atomic mass is 10.0. The van der Waals surface area contributed by atoms with Crippen LogP contribution in [0.15, 0.2) is 24.3 Å². The lowest BCUT2D eigenvalue weighted by molar-refractivity contribution is -0.147. The van der Waals surface area contributed by atoms with Gasteiger partial charge in [-0.15, -0.1) is 0 Å². The minimum atomic E-state index is -0.330. The van der Waals surface area contributed by atoms with Crippen LogP contribution >= 0.6 is 0 Å². The molecule has 0 bridgehead atoms. The molecule has 0 radical (unpaired) electrons. The van der Waals surface area contributed by atoms with Gasteiger partial charge in [-0.3, -0.25) is 9.59 Å². The molecule has 23 heavy (non-hydrogen) atoms. The van der Waals surface area contributed by atoms with Crippen molar-refractivity contribution >= 4 is 17.6 Å². The second-order valence-corrected chi connectivity index (χ2v) is 5.86. The van der Waals surface area contributed by atoms with E-state index in [1.165, 1.54) is 25.7 Å². The Bertz CT molecular complexity index is 506. The summed E-state index contributed by atoms with van der Waals surface area (Å²) in [6.45, 7) is 2.27. The zero-order chi connectivity index (χ0) is 16.5. The largest absolute Gasteiger partial charge is 0.494 e. The first-order valence-electron chi connectivity index (χ1n) is 8.35. The van der Waals surface area contributed by atoms with Gasteiger partial charge in [0.25, 0.3) is 5.91 Å². The van der Waals surface area contributed by atoms with Gasteiger partial charge in [-0.25, -0.2) is 0 Å². The Morgan fingerprint density at radius 1 is 1.17 bits per heavy atom. The summed E-state index contributed by atoms with van der Waals surface area (Å²) in [5, 5.41) is 2.69. The van der Waals surface area contributed by atoms with Crippen LogP contribution in [0.3, 0.4) is 0 Å². The molecule has 0 aromatic heterocycles. The maximum atomic E-state index is 11.8. The molecule has 1 N–H and O–H groups in total. The third-order valence-corrected chi connectivity index (χ3v) is 4.04. The average Bonchev–Trinajstić information content (AvgIpc) is 3.06. The quantitative estimate of drug-likeness (QED) is 0.744. The lowest BCUT2D eigenvalue weighted by Crippen LogP contribution is -2.21. The van der Waals surface area contributed by atoms with Crippen LogP contribution < -0.4 is 10.1 Å². The van der Waals surface area contributed by atoms with Gasteiger partial charge in [-0.2, -0.15) is 0 Å². The molecule has 1 fully saturated rings. The minimum Gasteiger partial charge on any atom is -0.494 e. The number of hydrogen-bond acceptors (Lipinski definition) is 4. The number of nitrogens with one attached hydrogen (secondary N) is 1. The number of amides is 1. The number of esters is 1. The number of benzene rings is 1. The molecule has 0 spiro atoms. The summed E-state index contributed by atoms with van der Waals surface area (Å²) in [7, 11) is 0. The highest BCUT2D eigenvalue weighted by molar-refractivity contribution is 5.92. The number of rotatable bonds is 8. The Hall–Kier alpha value is -2.04. The summed E-state index contributed by atoms with van der Waals surface area (Å²) >= 11 is 0. The molecule has 0 heterocycles. The summed E-state index contributed by atoms with van der Waals surface area (Å²) < 4.78 is 10.4. The van der Waals surface area contributed by atoms with Crippen molar-refractivity contribution in [1.82, 2.24) is 0 Å². The van der Waals surface area contributed by atoms with Gasteiger partial charge in [0, 0.05) is 12.1 Å². The molecule has 5 nitrogen and oxygen atoms in total. The second kappa shape index (κ2) is 9.18. The fourth-order valence-corrected chi connectivity index (χ4v) is 2.84. The lowest BCUT2D eigenvalue weighted by Gasteiger charge is -2.09. The Morgan fingerprint density at radius 2 is 1.87 bits per heavy atom. The minimum absolute atomic E-state index is 0.239. The molecule has 1 aliphatic rings. The van der Waals surface area contributed by atoms with Gasteiger partial charge in [-0.1, -0.05) is 25.7 Å². The molecule has 1 amide bonds. The van der Waals surface area contributed by atoms with E-state index in [-0.39, 0.29) is 18.5 Å². The SMILES string of the molecule is CCOc1ccc(NC(=O)COC(=O)CCC2CCCC2)cc1. The highest BCUT2D eigenvalue weighted by Crippen LogP contribution is 2.28. The number of carbonyl (C=O) groups is 2. The van der Waals surface area contributed by atoms with E-state index in [0.717, 1.165) is 12.2 Å². The fourth-order valence-electron chi connectivity index (χ4n) is 2.84. The summed E-state index contributed by atoms with van der Waals surface area (Å²) in [6.07, 6.45) is 6.24. The third kappa shape index (κ3) is 6.30. The second-order valence-electron chi connectivity index (χ2n) is 5.86. The number of carbonyl (C=O) groups excluding carboxylic acids is 2. The third-order valence-electron chi connectivity index (χ3n) is 4.04. The smallest absolute Gasteiger partial charge is 0.306 e. The summed E-state index contributed by atoms with van der Waals surface area (Å²) in [4.78, 5) is 23.4. The van der Waals surface area contributed by atoms with Crippen LogP contribution in [0.25, 0.3) is 0 Å². The standard InChI is InChI=1S/C18H25NO4/c1-2-22-16-10-8-15(9-11-16)19-17(20)13-23-18(21)12-7-14-5-3-4-6-14/h8-11,14H,2-7,12-13H2,1H3,(H,19,20). The molecule has 1 aromatic carbocycles. The van der Waals surface area contributed by atoms with E-state index in [2.05, 4.69) is 5.32 Å². The molecule has 126 valence electrons. The van der Waals surface area contributed by atoms with E-state index in [9.17, 15) is 9.59 Å². The van der Waals surface area contributed by atoms with Crippen LogP contribution in [-0.4, -0.2) is 25.1 Å². The summed E-state index contributed by atoms with van der Waals surface area (Å²) in [6, 6.07) is 7.08. The molecule has 5 heteroatoms. The van der Waals surface area contributed by atoms with Crippen molar-refractivity contribution < 1.29 is 19.1 Å². The van der Waals surface area contributed by atoms with Crippen LogP contribution in [0.2, 0.25) is 0 Å². The highest BCUT2D eigenvalue weighted by atomic mass is 16.5. The Morgan fingerprint density at radius 3 is 2.52 bits per heavy atom. The molecule has 1 saturated carbocycles. The molecule has 2 rings (SSSR count). The van der Waals surface area contributed by atoms with E-state index in [1.54, 1.807) is 24.3 Å². The molecule has 0 atom stereocenters. The zero-order valence-corrected chi connectivity index (χ0v) is 13.7. The number of anilines is 1. The maximum Gasteiger partial charge on any atom is 0.306 e. The van der Waals surface area contributed by atoms with Crippen LogP contribution in [0.4, 0.5) is 5.69 Å². The highest BCUT2D eigenvalue weighted by Gasteiger charge is 2.17. The van der Waals surface area contributed by atoms with Crippen LogP contribution in [0.1, 0.15) is 45.4 Å². The van der Waals surface area contributed by atoms with Crippen molar-refractivity contribution in [3.8, 4) is 5.75 Å². The summed E-state index contributed by atoms with van der Waals surface area (Å²) in [5.74, 6) is 0.784. The Labute approximate surface area is 137 Å². The predicted octanol–water partition coefficient (Wildman–Crippen LogP) is 3.54. The normalized spacial score (nSPS) is 14.5. The van der Waals surface area contributed by atoms with Crippen molar-refractivity contribution in [1.29, 1.82) is 0 Å². The number of hydrogen-bond donors (Lipinski definition) is 1. The van der Waals surface area contributed by atoms with E-state index in [4.69, 9.17) is 9.47 Å². The number of ether oxygens (including phenoxy) is 2. The first-order valence-corrected chi connectivity index (χ1v) is 8.35. The van der Waals surface area contributed by atoms with Crippen molar-refractivity contribution in [2.24, 2.45) is 5.92 Å². The molecule has 1 aromatic rings. The van der Waals surface area contributed by atoms with Crippen LogP contribution in [0, 0.1) is 5.92 Å². The molecule has 0 aliphatic heterocycles. The monoisotopic (exact) mass is 319 g/mol. The van der Waals surface area contributed by atoms with E-state index in [0.29, 0.717) is 24.6 Å². The van der Waals surface area contributed by atoms with Gasteiger partial charge in [-0.05, 0) is 43.5 Å². The Kier molecular flexibility index (Phi) is 6.91. The van der Waals surface area contributed by atoms with Gasteiger partial charge in [0.2, 0.25) is 0 Å². The molecule has 1 aliphatic carbocycles. The first-order chi connectivity index (χ1) is 11.2. The van der Waals surface area contributed by atoms with Crippen molar-refractivity contribution in [3.63, 3.8) is 0 Å². The van der Waals surface area contributed by atoms with Gasteiger partial charge < -0.3 is 14.8 Å². The first kappa shape index (κ1) is 17.3. The van der Waals surface area contributed by atoms with Gasteiger partial charge in [0.05, 0.1) is 6.61 Å². The van der Waals surface area contributed by atoms with Crippen molar-refractivity contribution in [2.75, 3.05) is 18.5 Å². The van der Waals surface area contributed by atoms with Gasteiger partial charge >= 0.3 is 5.97 Å². The van der Waals surface area contributed by atoms with E-state index < -0.39 is 0 Å². The van der Waals surface area contributed by atoms with Gasteiger partial charge in [0.15, 0.2) is 6.61 Å². The van der Waals surface area contributed by atoms with Gasteiger partial charge in [0.1, 0.15) is 5.75 Å². The molecular weight excluding hydrogens is 294 g/mol. The van der Waals surface area contributed by atoms with E-state index in [1.807, 2.05) is 6.92 Å². The average molecular weight is 319 g/mol. The predicted molar refractivity (Wildman–Crippen MR) is 88.4 cm³/mol. The Balaban J connectivity index is 1.64.